The zero-order chi connectivity index (χ0) is 5.28. The molecule has 0 aromatic carbocycles. The highest BCUT2D eigenvalue weighted by Crippen LogP contribution is 2.02. The first kappa shape index (κ1) is 5.55. The minimum absolute atomic E-state index is 0.862. The van der Waals surface area contributed by atoms with E-state index in [0.29, 0.717) is 0 Å². The van der Waals surface area contributed by atoms with Crippen molar-refractivity contribution in [3.63, 3.8) is 0 Å². The Hall–Kier alpha value is 0.420. The number of hydrogen-bond donors (Lipinski definition) is 1. The monoisotopic (exact) mass is 228 g/mol. The molecule has 1 fully saturated rings. The lowest BCUT2D eigenvalue weighted by Gasteiger charge is -2.01. The third-order valence-corrected chi connectivity index (χ3v) is 2.46. The summed E-state index contributed by atoms with van der Waals surface area (Å²) in [6, 6.07) is 0. The molecular formula is C3H5IN2S. The van der Waals surface area contributed by atoms with Crippen molar-refractivity contribution in [1.29, 1.82) is 0 Å². The predicted molar refractivity (Wildman–Crippen MR) is 41.3 cm³/mol. The zero-order valence-corrected chi connectivity index (χ0v) is 6.62. The van der Waals surface area contributed by atoms with Gasteiger partial charge in [-0.15, -0.1) is 0 Å². The van der Waals surface area contributed by atoms with Gasteiger partial charge in [0.25, 0.3) is 0 Å². The molecule has 1 N–H and O–H groups in total. The summed E-state index contributed by atoms with van der Waals surface area (Å²) in [6.07, 6.45) is 0. The van der Waals surface area contributed by atoms with Crippen molar-refractivity contribution in [3.05, 3.63) is 0 Å². The van der Waals surface area contributed by atoms with Crippen molar-refractivity contribution in [2.45, 2.75) is 0 Å². The van der Waals surface area contributed by atoms with Crippen LogP contribution in [0.3, 0.4) is 0 Å². The van der Waals surface area contributed by atoms with Gasteiger partial charge in [0.05, 0.1) is 22.9 Å². The van der Waals surface area contributed by atoms with Crippen LogP contribution >= 0.6 is 35.1 Å². The molecule has 0 spiro atoms. The fourth-order valence-electron chi connectivity index (χ4n) is 0.448. The molecule has 1 aliphatic rings. The lowest BCUT2D eigenvalue weighted by atomic mass is 10.7. The van der Waals surface area contributed by atoms with Gasteiger partial charge in [-0.2, -0.15) is 0 Å². The second-order valence-electron chi connectivity index (χ2n) is 1.32. The second kappa shape index (κ2) is 2.13. The standard InChI is InChI=1S/C3H5IN2S/c4-6-2-1-5-3(6)7/h1-2H2,(H,5,7). The molecule has 7 heavy (non-hydrogen) atoms. The second-order valence-corrected chi connectivity index (χ2v) is 2.87. The molecular weight excluding hydrogens is 223 g/mol. The van der Waals surface area contributed by atoms with Crippen LogP contribution in [0.15, 0.2) is 0 Å². The van der Waals surface area contributed by atoms with Crippen LogP contribution in [0.5, 0.6) is 0 Å². The van der Waals surface area contributed by atoms with Crippen molar-refractivity contribution >= 4 is 40.2 Å². The Morgan fingerprint density at radius 3 is 2.71 bits per heavy atom. The molecule has 0 atom stereocenters. The number of nitrogens with one attached hydrogen (secondary N) is 1. The molecule has 4 heteroatoms. The number of rotatable bonds is 0. The highest BCUT2D eigenvalue weighted by molar-refractivity contribution is 14.1. The van der Waals surface area contributed by atoms with E-state index in [1.807, 2.05) is 3.11 Å². The van der Waals surface area contributed by atoms with Crippen LogP contribution in [0, 0.1) is 0 Å². The third kappa shape index (κ3) is 1.16. The van der Waals surface area contributed by atoms with Gasteiger partial charge in [0.2, 0.25) is 0 Å². The largest absolute Gasteiger partial charge is 0.360 e. The SMILES string of the molecule is S=C1NCCN1I. The van der Waals surface area contributed by atoms with Gasteiger partial charge in [-0.1, -0.05) is 0 Å². The van der Waals surface area contributed by atoms with Gasteiger partial charge in [0.1, 0.15) is 0 Å². The number of halogens is 1. The normalized spacial score (nSPS) is 20.1. The van der Waals surface area contributed by atoms with Crippen LogP contribution in [-0.4, -0.2) is 21.3 Å². The average molecular weight is 228 g/mol. The summed E-state index contributed by atoms with van der Waals surface area (Å²) >= 11 is 7.04. The Morgan fingerprint density at radius 2 is 2.57 bits per heavy atom. The first-order valence-electron chi connectivity index (χ1n) is 2.02. The van der Waals surface area contributed by atoms with Gasteiger partial charge in [0, 0.05) is 13.1 Å². The first-order valence-corrected chi connectivity index (χ1v) is 3.39. The van der Waals surface area contributed by atoms with Gasteiger partial charge >= 0.3 is 0 Å². The van der Waals surface area contributed by atoms with Crippen LogP contribution in [0.4, 0.5) is 0 Å². The minimum Gasteiger partial charge on any atom is -0.360 e. The predicted octanol–water partition coefficient (Wildman–Crippen LogP) is 0.527. The number of thiocarbonyl (C=S) groups is 1. The summed E-state index contributed by atoms with van der Waals surface area (Å²) < 4.78 is 1.99. The summed E-state index contributed by atoms with van der Waals surface area (Å²) in [7, 11) is 0. The summed E-state index contributed by atoms with van der Waals surface area (Å²) in [4.78, 5) is 0. The summed E-state index contributed by atoms with van der Waals surface area (Å²) in [5.41, 5.74) is 0. The molecule has 1 aliphatic heterocycles. The third-order valence-electron chi connectivity index (χ3n) is 0.805. The molecule has 0 unspecified atom stereocenters. The Labute approximate surface area is 61.8 Å². The molecule has 0 bridgehead atoms. The molecule has 1 saturated heterocycles. The molecule has 0 amide bonds. The summed E-state index contributed by atoms with van der Waals surface area (Å²) in [5.74, 6) is 0. The maximum Gasteiger partial charge on any atom is 0.177 e. The minimum atomic E-state index is 0.862. The topological polar surface area (TPSA) is 15.3 Å². The Kier molecular flexibility index (Phi) is 1.69. The van der Waals surface area contributed by atoms with Crippen molar-refractivity contribution in [2.75, 3.05) is 13.1 Å². The van der Waals surface area contributed by atoms with Crippen molar-refractivity contribution in [2.24, 2.45) is 0 Å². The van der Waals surface area contributed by atoms with Crippen molar-refractivity contribution in [3.8, 4) is 0 Å². The maximum atomic E-state index is 4.85. The van der Waals surface area contributed by atoms with Gasteiger partial charge in [0.15, 0.2) is 5.11 Å². The van der Waals surface area contributed by atoms with Crippen LogP contribution in [0.2, 0.25) is 0 Å². The van der Waals surface area contributed by atoms with E-state index in [9.17, 15) is 0 Å². The molecule has 0 aromatic heterocycles. The van der Waals surface area contributed by atoms with Crippen molar-refractivity contribution < 1.29 is 0 Å². The maximum absolute atomic E-state index is 4.85. The first-order chi connectivity index (χ1) is 3.30. The average Bonchev–Trinajstić information content (AvgIpc) is 1.91. The fourth-order valence-corrected chi connectivity index (χ4v) is 1.05. The highest BCUT2D eigenvalue weighted by atomic mass is 127. The molecule has 0 radical (unpaired) electrons. The fraction of sp³-hybridized carbons (Fsp3) is 0.667. The van der Waals surface area contributed by atoms with E-state index in [1.54, 1.807) is 0 Å². The van der Waals surface area contributed by atoms with Crippen molar-refractivity contribution in [1.82, 2.24) is 8.43 Å². The molecule has 0 saturated carbocycles. The van der Waals surface area contributed by atoms with Crippen LogP contribution in [0.25, 0.3) is 0 Å². The molecule has 2 nitrogen and oxygen atoms in total. The molecule has 40 valence electrons. The van der Waals surface area contributed by atoms with E-state index >= 15 is 0 Å². The van der Waals surface area contributed by atoms with E-state index in [2.05, 4.69) is 28.2 Å². The number of hydrogen-bond acceptors (Lipinski definition) is 1. The van der Waals surface area contributed by atoms with E-state index in [-0.39, 0.29) is 0 Å². The Bertz CT molecular complexity index is 94.9. The van der Waals surface area contributed by atoms with E-state index < -0.39 is 0 Å². The van der Waals surface area contributed by atoms with Crippen LogP contribution < -0.4 is 5.32 Å². The highest BCUT2D eigenvalue weighted by Gasteiger charge is 2.10. The van der Waals surface area contributed by atoms with Crippen LogP contribution in [-0.2, 0) is 0 Å². The smallest absolute Gasteiger partial charge is 0.177 e. The molecule has 1 heterocycles. The number of nitrogens with zero attached hydrogens (tertiary/aromatic N) is 1. The summed E-state index contributed by atoms with van der Waals surface area (Å²) in [5, 5.41) is 3.88. The summed E-state index contributed by atoms with van der Waals surface area (Å²) in [6.45, 7) is 2.04. The van der Waals surface area contributed by atoms with E-state index in [1.165, 1.54) is 0 Å². The molecule has 1 rings (SSSR count). The van der Waals surface area contributed by atoms with Gasteiger partial charge in [-0.3, -0.25) is 3.11 Å². The van der Waals surface area contributed by atoms with E-state index in [0.717, 1.165) is 18.2 Å². The quantitative estimate of drug-likeness (QED) is 0.370. The lowest BCUT2D eigenvalue weighted by Crippen LogP contribution is -2.18. The zero-order valence-electron chi connectivity index (χ0n) is 3.65. The van der Waals surface area contributed by atoms with Gasteiger partial charge in [-0.25, -0.2) is 0 Å². The van der Waals surface area contributed by atoms with E-state index in [4.69, 9.17) is 12.2 Å². The Morgan fingerprint density at radius 1 is 1.86 bits per heavy atom. The van der Waals surface area contributed by atoms with Gasteiger partial charge in [-0.05, 0) is 12.2 Å². The van der Waals surface area contributed by atoms with Crippen LogP contribution in [0.1, 0.15) is 0 Å². The molecule has 0 aliphatic carbocycles. The lowest BCUT2D eigenvalue weighted by molar-refractivity contribution is 0.800. The molecule has 0 aromatic rings. The van der Waals surface area contributed by atoms with Gasteiger partial charge < -0.3 is 5.32 Å². The Balaban J connectivity index is 2.48.